The molecule has 0 saturated heterocycles. The fourth-order valence-electron chi connectivity index (χ4n) is 0. The molecule has 4 heavy (non-hydrogen) atoms. The van der Waals surface area contributed by atoms with Crippen molar-refractivity contribution in [3.63, 3.8) is 0 Å². The van der Waals surface area contributed by atoms with Crippen LogP contribution in [-0.4, -0.2) is 14.6 Å². The fraction of sp³-hybridized carbons (Fsp3) is 1.00. The first-order valence-electron chi connectivity index (χ1n) is 1.09. The van der Waals surface area contributed by atoms with E-state index in [1.54, 1.807) is 7.05 Å². The highest BCUT2D eigenvalue weighted by Crippen LogP contribution is 1.78. The maximum atomic E-state index is 3.71. The van der Waals surface area contributed by atoms with Gasteiger partial charge in [-0.2, -0.15) is 0 Å². The topological polar surface area (TPSA) is 12.4 Å². The van der Waals surface area contributed by atoms with Gasteiger partial charge in [0, 0.05) is 7.05 Å². The largest absolute Gasteiger partial charge is 0.284 e. The number of hydrogen-bond acceptors (Lipinski definition) is 1. The quantitative estimate of drug-likeness (QED) is 0.288. The first-order chi connectivity index (χ1) is 1.91. The van der Waals surface area contributed by atoms with E-state index in [2.05, 4.69) is 4.74 Å². The Morgan fingerprint density at radius 1 is 2.00 bits per heavy atom. The average Bonchev–Trinajstić information content (AvgIpc) is 1.37. The van der Waals surface area contributed by atoms with Crippen LogP contribution in [0.1, 0.15) is 0 Å². The molecule has 0 unspecified atom stereocenters. The fourth-order valence-corrected chi connectivity index (χ4v) is 0. The van der Waals surface area contributed by atoms with Gasteiger partial charge < -0.3 is 0 Å². The molecule has 0 heterocycles. The van der Waals surface area contributed by atoms with Crippen LogP contribution >= 0.6 is 8.25 Å². The van der Waals surface area contributed by atoms with Crippen molar-refractivity contribution in [2.75, 3.05) is 7.05 Å². The van der Waals surface area contributed by atoms with Crippen LogP contribution in [-0.2, 0) is 0 Å². The summed E-state index contributed by atoms with van der Waals surface area (Å²) in [5.74, 6) is 0. The van der Waals surface area contributed by atoms with Crippen molar-refractivity contribution in [2.24, 2.45) is 4.74 Å². The molecule has 0 spiro atoms. The molecule has 1 nitrogen and oxygen atoms in total. The van der Waals surface area contributed by atoms with Gasteiger partial charge in [0.15, 0.2) is 7.57 Å². The molecule has 0 aromatic heterocycles. The van der Waals surface area contributed by atoms with Crippen molar-refractivity contribution < 1.29 is 0 Å². The van der Waals surface area contributed by atoms with Crippen LogP contribution in [0, 0.1) is 0 Å². The highest BCUT2D eigenvalue weighted by Gasteiger charge is 1.36. The van der Waals surface area contributed by atoms with Crippen LogP contribution in [0.25, 0.3) is 0 Å². The summed E-state index contributed by atoms with van der Waals surface area (Å²) in [5, 5.41) is 0. The summed E-state index contributed by atoms with van der Waals surface area (Å²) in [4.78, 5) is 0. The van der Waals surface area contributed by atoms with E-state index in [4.69, 9.17) is 0 Å². The third-order valence-corrected chi connectivity index (χ3v) is 0.600. The lowest BCUT2D eigenvalue weighted by molar-refractivity contribution is 1.52. The maximum Gasteiger partial charge on any atom is 0.191 e. The van der Waals surface area contributed by atoms with Gasteiger partial charge in [-0.3, -0.25) is 4.74 Å². The molecule has 0 bridgehead atoms. The third-order valence-electron chi connectivity index (χ3n) is 0.200. The molecule has 0 rings (SSSR count). The zero-order valence-electron chi connectivity index (χ0n) is 2.89. The normalized spacial score (nSPS) is 9.25. The Morgan fingerprint density at radius 3 is 2.25 bits per heavy atom. The molecular formula is CH5BNP. The summed E-state index contributed by atoms with van der Waals surface area (Å²) in [6.45, 7) is 0. The molecule has 0 aliphatic carbocycles. The van der Waals surface area contributed by atoms with Crippen LogP contribution in [0.4, 0.5) is 0 Å². The Balaban J connectivity index is 2.55. The summed E-state index contributed by atoms with van der Waals surface area (Å²) in [7, 11) is 4.90. The van der Waals surface area contributed by atoms with E-state index in [0.717, 1.165) is 8.25 Å². The van der Waals surface area contributed by atoms with E-state index < -0.39 is 0 Å². The second kappa shape index (κ2) is 3.16. The highest BCUT2D eigenvalue weighted by molar-refractivity contribution is 7.57. The van der Waals surface area contributed by atoms with Crippen LogP contribution in [0.3, 0.4) is 0 Å². The van der Waals surface area contributed by atoms with Gasteiger partial charge in [-0.25, -0.2) is 0 Å². The molecule has 0 amide bonds. The van der Waals surface area contributed by atoms with Gasteiger partial charge in [0.25, 0.3) is 0 Å². The molecule has 0 radical (unpaired) electrons. The Labute approximate surface area is 28.7 Å². The summed E-state index contributed by atoms with van der Waals surface area (Å²) < 4.78 is 3.71. The molecule has 0 atom stereocenters. The lowest BCUT2D eigenvalue weighted by atomic mass is 10.8. The van der Waals surface area contributed by atoms with Crippen LogP contribution in [0.5, 0.6) is 0 Å². The highest BCUT2D eigenvalue weighted by atomic mass is 31.1. The lowest BCUT2D eigenvalue weighted by Crippen LogP contribution is -1.26. The zero-order valence-corrected chi connectivity index (χ0v) is 3.79. The summed E-state index contributed by atoms with van der Waals surface area (Å²) in [6, 6.07) is 0. The van der Waals surface area contributed by atoms with E-state index in [9.17, 15) is 0 Å². The molecule has 0 fully saturated rings. The second-order valence-electron chi connectivity index (χ2n) is 0.400. The van der Waals surface area contributed by atoms with Gasteiger partial charge in [0.1, 0.15) is 0 Å². The van der Waals surface area contributed by atoms with Gasteiger partial charge in [-0.15, -0.1) is 0 Å². The Kier molecular flexibility index (Phi) is 3.30. The number of hydrogen-bond donors (Lipinski definition) is 0. The van der Waals surface area contributed by atoms with Gasteiger partial charge in [-0.1, -0.05) is 8.25 Å². The first kappa shape index (κ1) is 4.16. The van der Waals surface area contributed by atoms with Gasteiger partial charge in [-0.05, 0) is 0 Å². The van der Waals surface area contributed by atoms with Crippen LogP contribution in [0.15, 0.2) is 4.74 Å². The molecule has 0 aromatic rings. The summed E-state index contributed by atoms with van der Waals surface area (Å²) in [6.07, 6.45) is 0. The average molecular weight is 72.8 g/mol. The molecule has 0 aromatic carbocycles. The number of nitrogens with zero attached hydrogens (tertiary/aromatic N) is 1. The van der Waals surface area contributed by atoms with E-state index in [1.807, 2.05) is 7.57 Å². The SMILES string of the molecule is B/P=N/C. The predicted octanol–water partition coefficient (Wildman–Crippen LogP) is 0.294. The van der Waals surface area contributed by atoms with Crippen molar-refractivity contribution in [2.45, 2.75) is 0 Å². The first-order valence-corrected chi connectivity index (χ1v) is 2.39. The minimum absolute atomic E-state index is 1.12. The smallest absolute Gasteiger partial charge is 0.191 e. The van der Waals surface area contributed by atoms with E-state index in [-0.39, 0.29) is 0 Å². The van der Waals surface area contributed by atoms with Crippen molar-refractivity contribution in [3.05, 3.63) is 0 Å². The molecule has 0 aliphatic rings. The molecule has 3 heteroatoms. The van der Waals surface area contributed by atoms with Crippen molar-refractivity contribution >= 4 is 15.8 Å². The Bertz CT molecular complexity index is 23.2. The summed E-state index contributed by atoms with van der Waals surface area (Å²) >= 11 is 0. The summed E-state index contributed by atoms with van der Waals surface area (Å²) in [5.41, 5.74) is 0. The van der Waals surface area contributed by atoms with E-state index in [0.29, 0.717) is 0 Å². The maximum absolute atomic E-state index is 3.71. The van der Waals surface area contributed by atoms with E-state index in [1.165, 1.54) is 0 Å². The van der Waals surface area contributed by atoms with E-state index >= 15 is 0 Å². The second-order valence-corrected chi connectivity index (χ2v) is 1.20. The van der Waals surface area contributed by atoms with Crippen molar-refractivity contribution in [3.8, 4) is 0 Å². The Morgan fingerprint density at radius 2 is 2.25 bits per heavy atom. The molecule has 0 aliphatic heterocycles. The van der Waals surface area contributed by atoms with Crippen molar-refractivity contribution in [1.29, 1.82) is 0 Å². The molecule has 0 N–H and O–H groups in total. The Hall–Kier alpha value is 0.165. The molecule has 0 saturated carbocycles. The van der Waals surface area contributed by atoms with Gasteiger partial charge in [0.05, 0.1) is 0 Å². The zero-order chi connectivity index (χ0) is 3.41. The van der Waals surface area contributed by atoms with Crippen LogP contribution in [0.2, 0.25) is 0 Å². The minimum atomic E-state index is 1.12. The lowest BCUT2D eigenvalue weighted by Gasteiger charge is -1.51. The molecule has 22 valence electrons. The standard InChI is InChI=1S/CH5BNP/c1-3-4-2/h2H2,1H3. The molecular weight excluding hydrogens is 67.8 g/mol. The third kappa shape index (κ3) is 2.16. The predicted molar refractivity (Wildman–Crippen MR) is 23.8 cm³/mol. The number of rotatable bonds is 0. The van der Waals surface area contributed by atoms with Gasteiger partial charge >= 0.3 is 0 Å². The minimum Gasteiger partial charge on any atom is -0.284 e. The monoisotopic (exact) mass is 73.0 g/mol. The van der Waals surface area contributed by atoms with Gasteiger partial charge in [0.2, 0.25) is 0 Å². The van der Waals surface area contributed by atoms with Crippen LogP contribution < -0.4 is 0 Å². The van der Waals surface area contributed by atoms with Crippen molar-refractivity contribution in [1.82, 2.24) is 0 Å².